The van der Waals surface area contributed by atoms with Gasteiger partial charge in [0.1, 0.15) is 11.7 Å². The van der Waals surface area contributed by atoms with Gasteiger partial charge in [-0.05, 0) is 11.1 Å². The number of hydrogen-bond donors (Lipinski definition) is 0. The quantitative estimate of drug-likeness (QED) is 0.589. The van der Waals surface area contributed by atoms with Crippen molar-refractivity contribution in [1.82, 2.24) is 0 Å². The van der Waals surface area contributed by atoms with Gasteiger partial charge in [-0.25, -0.2) is 8.78 Å². The maximum Gasteiger partial charge on any atom is 0.318 e. The Labute approximate surface area is 154 Å². The number of carbonyl (C=O) groups excluding carboxylic acids is 2. The molecule has 5 heteroatoms. The molecule has 0 radical (unpaired) electrons. The number of allylic oxidation sites excluding steroid dienone is 2. The molecule has 136 valence electrons. The average Bonchev–Trinajstić information content (AvgIpc) is 3.00. The van der Waals surface area contributed by atoms with Crippen molar-refractivity contribution in [3.8, 4) is 0 Å². The summed E-state index contributed by atoms with van der Waals surface area (Å²) >= 11 is 0. The monoisotopic (exact) mass is 366 g/mol. The Morgan fingerprint density at radius 1 is 0.556 bits per heavy atom. The Kier molecular flexibility index (Phi) is 3.54. The van der Waals surface area contributed by atoms with Crippen LogP contribution < -0.4 is 0 Å². The summed E-state index contributed by atoms with van der Waals surface area (Å²) in [6, 6.07) is 18.5. The molecule has 1 aliphatic heterocycles. The van der Waals surface area contributed by atoms with E-state index in [1.54, 1.807) is 0 Å². The molecule has 27 heavy (non-hydrogen) atoms. The maximum atomic E-state index is 15.0. The first-order valence-electron chi connectivity index (χ1n) is 9.00. The van der Waals surface area contributed by atoms with Gasteiger partial charge >= 0.3 is 11.9 Å². The van der Waals surface area contributed by atoms with E-state index in [9.17, 15) is 9.59 Å². The molecule has 2 aromatic carbocycles. The number of rotatable bonds is 2. The SMILES string of the molecule is O=C1OC(=O)C2C1C1C(F)=C(F)C2C(c2ccccc2)C1c1ccccc1. The van der Waals surface area contributed by atoms with Crippen molar-refractivity contribution in [2.45, 2.75) is 11.8 Å². The second kappa shape index (κ2) is 5.84. The topological polar surface area (TPSA) is 43.4 Å². The molecule has 0 aromatic heterocycles. The fourth-order valence-corrected chi connectivity index (χ4v) is 5.29. The predicted molar refractivity (Wildman–Crippen MR) is 92.7 cm³/mol. The van der Waals surface area contributed by atoms with Crippen molar-refractivity contribution < 1.29 is 23.1 Å². The van der Waals surface area contributed by atoms with Gasteiger partial charge in [0.2, 0.25) is 0 Å². The highest BCUT2D eigenvalue weighted by molar-refractivity contribution is 5.98. The van der Waals surface area contributed by atoms with Gasteiger partial charge < -0.3 is 4.74 Å². The highest BCUT2D eigenvalue weighted by Crippen LogP contribution is 2.65. The minimum absolute atomic E-state index is 0.446. The Morgan fingerprint density at radius 3 is 1.30 bits per heavy atom. The summed E-state index contributed by atoms with van der Waals surface area (Å²) in [7, 11) is 0. The van der Waals surface area contributed by atoms with Gasteiger partial charge in [0, 0.05) is 23.7 Å². The third-order valence-corrected chi connectivity index (χ3v) is 6.25. The average molecular weight is 366 g/mol. The zero-order valence-corrected chi connectivity index (χ0v) is 14.2. The lowest BCUT2D eigenvalue weighted by Gasteiger charge is -2.50. The Morgan fingerprint density at radius 2 is 0.926 bits per heavy atom. The lowest BCUT2D eigenvalue weighted by molar-refractivity contribution is -0.154. The molecule has 6 unspecified atom stereocenters. The van der Waals surface area contributed by atoms with Crippen LogP contribution in [0.4, 0.5) is 8.78 Å². The molecule has 1 heterocycles. The number of carbonyl (C=O) groups is 2. The molecule has 1 saturated heterocycles. The van der Waals surface area contributed by atoms with Gasteiger partial charge in [0.05, 0.1) is 11.8 Å². The molecule has 0 spiro atoms. The maximum absolute atomic E-state index is 15.0. The third kappa shape index (κ3) is 2.17. The Hall–Kier alpha value is -2.82. The first kappa shape index (κ1) is 16.4. The molecule has 6 rings (SSSR count). The van der Waals surface area contributed by atoms with Crippen molar-refractivity contribution >= 4 is 11.9 Å². The number of cyclic esters (lactones) is 2. The number of halogens is 2. The third-order valence-electron chi connectivity index (χ3n) is 6.25. The molecule has 1 saturated carbocycles. The number of ether oxygens (including phenoxy) is 1. The minimum atomic E-state index is -1.04. The Bertz CT molecular complexity index is 877. The standard InChI is InChI=1S/C22H16F2O3/c23-19-15-13(11-7-3-1-4-8-11)14(12-9-5-2-6-10-12)16(20(19)24)18-17(15)21(25)27-22(18)26/h1-10,13-18H. The van der Waals surface area contributed by atoms with Gasteiger partial charge in [0.15, 0.2) is 0 Å². The lowest BCUT2D eigenvalue weighted by atomic mass is 9.50. The molecule has 4 aliphatic rings. The van der Waals surface area contributed by atoms with Gasteiger partial charge in [-0.15, -0.1) is 0 Å². The molecule has 2 aromatic rings. The van der Waals surface area contributed by atoms with Crippen LogP contribution in [-0.4, -0.2) is 11.9 Å². The summed E-state index contributed by atoms with van der Waals surface area (Å²) < 4.78 is 34.9. The fourth-order valence-electron chi connectivity index (χ4n) is 5.29. The van der Waals surface area contributed by atoms with Crippen LogP contribution in [0.1, 0.15) is 23.0 Å². The first-order valence-corrected chi connectivity index (χ1v) is 9.00. The molecule has 6 atom stereocenters. The van der Waals surface area contributed by atoms with Gasteiger partial charge in [-0.3, -0.25) is 9.59 Å². The minimum Gasteiger partial charge on any atom is -0.393 e. The van der Waals surface area contributed by atoms with E-state index in [-0.39, 0.29) is 0 Å². The molecular formula is C22H16F2O3. The van der Waals surface area contributed by atoms with Crippen LogP contribution in [0.2, 0.25) is 0 Å². The van der Waals surface area contributed by atoms with Crippen molar-refractivity contribution in [2.24, 2.45) is 23.7 Å². The number of esters is 2. The van der Waals surface area contributed by atoms with Crippen LogP contribution in [0.5, 0.6) is 0 Å². The van der Waals surface area contributed by atoms with Crippen molar-refractivity contribution in [1.29, 1.82) is 0 Å². The second-order valence-corrected chi connectivity index (χ2v) is 7.41. The summed E-state index contributed by atoms with van der Waals surface area (Å²) in [5.41, 5.74) is 1.66. The normalized spacial score (nSPS) is 34.6. The summed E-state index contributed by atoms with van der Waals surface area (Å²) in [4.78, 5) is 24.7. The van der Waals surface area contributed by atoms with Crippen LogP contribution in [0.3, 0.4) is 0 Å². The molecule has 2 bridgehead atoms. The highest BCUT2D eigenvalue weighted by Gasteiger charge is 2.67. The molecule has 3 aliphatic carbocycles. The number of hydrogen-bond acceptors (Lipinski definition) is 3. The van der Waals surface area contributed by atoms with E-state index >= 15 is 8.78 Å². The van der Waals surface area contributed by atoms with Crippen molar-refractivity contribution in [2.75, 3.05) is 0 Å². The van der Waals surface area contributed by atoms with E-state index in [2.05, 4.69) is 0 Å². The number of fused-ring (bicyclic) bond motifs is 1. The van der Waals surface area contributed by atoms with Gasteiger partial charge in [0.25, 0.3) is 0 Å². The predicted octanol–water partition coefficient (Wildman–Crippen LogP) is 4.28. The van der Waals surface area contributed by atoms with Crippen LogP contribution in [0, 0.1) is 23.7 Å². The Balaban J connectivity index is 1.76. The van der Waals surface area contributed by atoms with Gasteiger partial charge in [-0.2, -0.15) is 0 Å². The number of benzene rings is 2. The van der Waals surface area contributed by atoms with E-state index in [0.29, 0.717) is 0 Å². The summed E-state index contributed by atoms with van der Waals surface area (Å²) in [6.07, 6.45) is 0. The van der Waals surface area contributed by atoms with Crippen LogP contribution >= 0.6 is 0 Å². The van der Waals surface area contributed by atoms with Crippen molar-refractivity contribution in [3.63, 3.8) is 0 Å². The molecule has 3 nitrogen and oxygen atoms in total. The van der Waals surface area contributed by atoms with E-state index in [0.717, 1.165) is 11.1 Å². The summed E-state index contributed by atoms with van der Waals surface area (Å²) in [5, 5.41) is 0. The molecule has 2 fully saturated rings. The molecule has 0 amide bonds. The summed E-state index contributed by atoms with van der Waals surface area (Å²) in [5.74, 6) is -8.19. The highest BCUT2D eigenvalue weighted by atomic mass is 19.2. The van der Waals surface area contributed by atoms with Crippen molar-refractivity contribution in [3.05, 3.63) is 83.4 Å². The van der Waals surface area contributed by atoms with E-state index < -0.39 is 59.1 Å². The fraction of sp³-hybridized carbons (Fsp3) is 0.273. The zero-order chi connectivity index (χ0) is 18.7. The van der Waals surface area contributed by atoms with E-state index in [1.807, 2.05) is 60.7 Å². The van der Waals surface area contributed by atoms with Crippen LogP contribution in [0.15, 0.2) is 72.3 Å². The summed E-state index contributed by atoms with van der Waals surface area (Å²) in [6.45, 7) is 0. The smallest absolute Gasteiger partial charge is 0.318 e. The van der Waals surface area contributed by atoms with Gasteiger partial charge in [-0.1, -0.05) is 60.7 Å². The van der Waals surface area contributed by atoms with Crippen LogP contribution in [0.25, 0.3) is 0 Å². The van der Waals surface area contributed by atoms with E-state index in [1.165, 1.54) is 0 Å². The second-order valence-electron chi connectivity index (χ2n) is 7.41. The largest absolute Gasteiger partial charge is 0.393 e. The lowest BCUT2D eigenvalue weighted by Crippen LogP contribution is -2.50. The molecular weight excluding hydrogens is 350 g/mol. The van der Waals surface area contributed by atoms with E-state index in [4.69, 9.17) is 4.74 Å². The zero-order valence-electron chi connectivity index (χ0n) is 14.2. The first-order chi connectivity index (χ1) is 13.1. The molecule has 0 N–H and O–H groups in total. The van der Waals surface area contributed by atoms with Crippen LogP contribution in [-0.2, 0) is 14.3 Å².